The Balaban J connectivity index is 2.25. The van der Waals surface area contributed by atoms with Gasteiger partial charge in [-0.25, -0.2) is 0 Å². The van der Waals surface area contributed by atoms with Gasteiger partial charge in [0.1, 0.15) is 0 Å². The van der Waals surface area contributed by atoms with Crippen LogP contribution in [-0.2, 0) is 0 Å². The van der Waals surface area contributed by atoms with E-state index < -0.39 is 0 Å². The van der Waals surface area contributed by atoms with Crippen LogP contribution in [-0.4, -0.2) is 25.0 Å². The van der Waals surface area contributed by atoms with Crippen LogP contribution in [0.3, 0.4) is 0 Å². The molecule has 1 unspecified atom stereocenters. The van der Waals surface area contributed by atoms with Gasteiger partial charge in [0, 0.05) is 13.1 Å². The third-order valence-corrected chi connectivity index (χ3v) is 2.83. The lowest BCUT2D eigenvalue weighted by Crippen LogP contribution is -2.47. The van der Waals surface area contributed by atoms with Gasteiger partial charge in [-0.1, -0.05) is 27.7 Å². The van der Waals surface area contributed by atoms with Gasteiger partial charge >= 0.3 is 0 Å². The van der Waals surface area contributed by atoms with E-state index in [9.17, 15) is 0 Å². The summed E-state index contributed by atoms with van der Waals surface area (Å²) in [5.74, 6) is 1.87. The summed E-state index contributed by atoms with van der Waals surface area (Å²) in [4.78, 5) is 2.41. The van der Waals surface area contributed by atoms with Crippen LogP contribution < -0.4 is 0 Å². The quantitative estimate of drug-likeness (QED) is 0.614. The highest BCUT2D eigenvalue weighted by molar-refractivity contribution is 4.83. The van der Waals surface area contributed by atoms with Crippen LogP contribution in [0.25, 0.3) is 0 Å². The molecule has 0 bridgehead atoms. The van der Waals surface area contributed by atoms with E-state index in [0.29, 0.717) is 5.41 Å². The van der Waals surface area contributed by atoms with Crippen molar-refractivity contribution < 1.29 is 0 Å². The Bertz CT molecular complexity index is 140. The van der Waals surface area contributed by atoms with E-state index in [2.05, 4.69) is 39.6 Å². The Morgan fingerprint density at radius 2 is 1.83 bits per heavy atom. The van der Waals surface area contributed by atoms with E-state index in [-0.39, 0.29) is 0 Å². The average Bonchev–Trinajstić information content (AvgIpc) is 1.76. The minimum atomic E-state index is 0.508. The second kappa shape index (κ2) is 3.37. The van der Waals surface area contributed by atoms with Crippen molar-refractivity contribution in [3.05, 3.63) is 0 Å². The topological polar surface area (TPSA) is 3.24 Å². The molecule has 1 fully saturated rings. The lowest BCUT2D eigenvalue weighted by Gasteiger charge is -2.41. The Labute approximate surface area is 77.1 Å². The van der Waals surface area contributed by atoms with E-state index in [1.165, 1.54) is 19.5 Å². The molecule has 0 aromatic heterocycles. The predicted octanol–water partition coefficient (Wildman–Crippen LogP) is 2.62. The molecule has 1 nitrogen and oxygen atoms in total. The van der Waals surface area contributed by atoms with E-state index in [4.69, 9.17) is 0 Å². The molecule has 1 atom stereocenters. The van der Waals surface area contributed by atoms with Crippen molar-refractivity contribution in [2.24, 2.45) is 17.3 Å². The maximum atomic E-state index is 2.41. The number of hydrogen-bond donors (Lipinski definition) is 0. The molecule has 0 aromatic carbocycles. The number of hydrogen-bond acceptors (Lipinski definition) is 1. The Kier molecular flexibility index (Phi) is 2.82. The summed E-state index contributed by atoms with van der Waals surface area (Å²) >= 11 is 0. The normalized spacial score (nSPS) is 23.8. The first-order valence-corrected chi connectivity index (χ1v) is 5.07. The highest BCUT2D eigenvalue weighted by atomic mass is 15.2. The largest absolute Gasteiger partial charge is 0.306 e. The molecule has 0 N–H and O–H groups in total. The summed E-state index contributed by atoms with van der Waals surface area (Å²) in [7, 11) is 2.21. The Morgan fingerprint density at radius 1 is 1.33 bits per heavy atom. The van der Waals surface area contributed by atoms with Crippen molar-refractivity contribution in [3.8, 4) is 0 Å². The zero-order valence-corrected chi connectivity index (χ0v) is 9.22. The molecule has 0 saturated carbocycles. The number of likely N-dealkylation sites (tertiary alicyclic amines) is 1. The molecule has 1 heteroatoms. The van der Waals surface area contributed by atoms with Crippen molar-refractivity contribution in [1.82, 2.24) is 4.90 Å². The van der Waals surface area contributed by atoms with Crippen LogP contribution in [0.15, 0.2) is 0 Å². The summed E-state index contributed by atoms with van der Waals surface area (Å²) < 4.78 is 0. The SMILES string of the molecule is CC(CC(C)(C)C)C1CN(C)C1. The highest BCUT2D eigenvalue weighted by Gasteiger charge is 2.30. The molecule has 0 aliphatic carbocycles. The van der Waals surface area contributed by atoms with E-state index in [1.807, 2.05) is 0 Å². The molecule has 0 radical (unpaired) electrons. The van der Waals surface area contributed by atoms with Crippen molar-refractivity contribution in [1.29, 1.82) is 0 Å². The molecule has 0 aromatic rings. The van der Waals surface area contributed by atoms with Crippen molar-refractivity contribution in [2.45, 2.75) is 34.1 Å². The van der Waals surface area contributed by atoms with Gasteiger partial charge in [0.15, 0.2) is 0 Å². The molecule has 72 valence electrons. The lowest BCUT2D eigenvalue weighted by atomic mass is 9.77. The molecular weight excluding hydrogens is 146 g/mol. The molecule has 0 amide bonds. The lowest BCUT2D eigenvalue weighted by molar-refractivity contribution is 0.0709. The van der Waals surface area contributed by atoms with Crippen LogP contribution in [0.1, 0.15) is 34.1 Å². The Morgan fingerprint density at radius 3 is 2.17 bits per heavy atom. The van der Waals surface area contributed by atoms with Gasteiger partial charge in [-0.3, -0.25) is 0 Å². The van der Waals surface area contributed by atoms with Crippen LogP contribution in [0.4, 0.5) is 0 Å². The average molecular weight is 169 g/mol. The third kappa shape index (κ3) is 2.78. The van der Waals surface area contributed by atoms with Gasteiger partial charge in [-0.05, 0) is 30.7 Å². The fourth-order valence-electron chi connectivity index (χ4n) is 2.24. The maximum absolute atomic E-state index is 2.41. The minimum absolute atomic E-state index is 0.508. The van der Waals surface area contributed by atoms with Crippen molar-refractivity contribution in [2.75, 3.05) is 20.1 Å². The fourth-order valence-corrected chi connectivity index (χ4v) is 2.24. The van der Waals surface area contributed by atoms with Crippen LogP contribution >= 0.6 is 0 Å². The van der Waals surface area contributed by atoms with Gasteiger partial charge < -0.3 is 4.90 Å². The predicted molar refractivity (Wildman–Crippen MR) is 54.2 cm³/mol. The van der Waals surface area contributed by atoms with Crippen molar-refractivity contribution >= 4 is 0 Å². The first-order valence-electron chi connectivity index (χ1n) is 5.07. The summed E-state index contributed by atoms with van der Waals surface area (Å²) in [5, 5.41) is 0. The minimum Gasteiger partial charge on any atom is -0.306 e. The fraction of sp³-hybridized carbons (Fsp3) is 1.00. The molecule has 1 aliphatic rings. The van der Waals surface area contributed by atoms with Gasteiger partial charge in [0.05, 0.1) is 0 Å². The number of rotatable bonds is 2. The molecular formula is C11H23N. The molecule has 1 heterocycles. The van der Waals surface area contributed by atoms with Gasteiger partial charge in [0.2, 0.25) is 0 Å². The maximum Gasteiger partial charge on any atom is 0.00215 e. The van der Waals surface area contributed by atoms with Crippen LogP contribution in [0.5, 0.6) is 0 Å². The molecule has 0 spiro atoms. The first-order chi connectivity index (χ1) is 5.38. The monoisotopic (exact) mass is 169 g/mol. The number of nitrogens with zero attached hydrogens (tertiary/aromatic N) is 1. The van der Waals surface area contributed by atoms with Gasteiger partial charge in [0.25, 0.3) is 0 Å². The van der Waals surface area contributed by atoms with Crippen LogP contribution in [0, 0.1) is 17.3 Å². The summed E-state index contributed by atoms with van der Waals surface area (Å²) in [6, 6.07) is 0. The molecule has 1 saturated heterocycles. The zero-order chi connectivity index (χ0) is 9.35. The molecule has 1 aliphatic heterocycles. The Hall–Kier alpha value is -0.0400. The van der Waals surface area contributed by atoms with E-state index in [0.717, 1.165) is 11.8 Å². The van der Waals surface area contributed by atoms with Gasteiger partial charge in [-0.15, -0.1) is 0 Å². The summed E-state index contributed by atoms with van der Waals surface area (Å²) in [6.07, 6.45) is 1.37. The second-order valence-electron chi connectivity index (χ2n) is 5.72. The van der Waals surface area contributed by atoms with Crippen molar-refractivity contribution in [3.63, 3.8) is 0 Å². The van der Waals surface area contributed by atoms with Crippen LogP contribution in [0.2, 0.25) is 0 Å². The zero-order valence-electron chi connectivity index (χ0n) is 9.22. The second-order valence-corrected chi connectivity index (χ2v) is 5.72. The highest BCUT2D eigenvalue weighted by Crippen LogP contribution is 2.32. The van der Waals surface area contributed by atoms with E-state index in [1.54, 1.807) is 0 Å². The summed E-state index contributed by atoms with van der Waals surface area (Å²) in [6.45, 7) is 12.1. The smallest absolute Gasteiger partial charge is 0.00215 e. The first kappa shape index (κ1) is 10.0. The van der Waals surface area contributed by atoms with Gasteiger partial charge in [-0.2, -0.15) is 0 Å². The standard InChI is InChI=1S/C11H23N/c1-9(6-11(2,3)4)10-7-12(5)8-10/h9-10H,6-8H2,1-5H3. The molecule has 12 heavy (non-hydrogen) atoms. The van der Waals surface area contributed by atoms with E-state index >= 15 is 0 Å². The summed E-state index contributed by atoms with van der Waals surface area (Å²) in [5.41, 5.74) is 0.508. The molecule has 1 rings (SSSR count). The third-order valence-electron chi connectivity index (χ3n) is 2.83.